The van der Waals surface area contributed by atoms with Crippen LogP contribution >= 0.6 is 0 Å². The van der Waals surface area contributed by atoms with Gasteiger partial charge in [-0.3, -0.25) is 15.1 Å². The second kappa shape index (κ2) is 7.84. The Morgan fingerprint density at radius 1 is 0.929 bits per heavy atom. The fourth-order valence-corrected chi connectivity index (χ4v) is 2.92. The average molecular weight is 373 g/mol. The number of pyridine rings is 1. The molecule has 4 rings (SSSR count). The number of hydrogen-bond donors (Lipinski definition) is 1. The molecule has 0 radical (unpaired) electrons. The number of rotatable bonds is 5. The predicted molar refractivity (Wildman–Crippen MR) is 104 cm³/mol. The SMILES string of the molecule is O=C(Cc1ccccc1)Nc1onc(-c2ccc(F)cc2)c1-c1ccncc1. The van der Waals surface area contributed by atoms with Gasteiger partial charge in [-0.1, -0.05) is 35.5 Å². The summed E-state index contributed by atoms with van der Waals surface area (Å²) in [6.07, 6.45) is 3.50. The first-order valence-electron chi connectivity index (χ1n) is 8.70. The van der Waals surface area contributed by atoms with Gasteiger partial charge < -0.3 is 4.52 Å². The van der Waals surface area contributed by atoms with Crippen molar-refractivity contribution in [2.24, 2.45) is 0 Å². The summed E-state index contributed by atoms with van der Waals surface area (Å²) in [7, 11) is 0. The maximum absolute atomic E-state index is 13.3. The van der Waals surface area contributed by atoms with E-state index in [2.05, 4.69) is 15.5 Å². The first kappa shape index (κ1) is 17.6. The molecule has 2 aromatic heterocycles. The molecule has 2 aromatic carbocycles. The van der Waals surface area contributed by atoms with Gasteiger partial charge in [0.05, 0.1) is 12.0 Å². The van der Waals surface area contributed by atoms with Crippen molar-refractivity contribution in [1.29, 1.82) is 0 Å². The van der Waals surface area contributed by atoms with Crippen LogP contribution < -0.4 is 5.32 Å². The highest BCUT2D eigenvalue weighted by Crippen LogP contribution is 2.37. The third kappa shape index (κ3) is 3.81. The van der Waals surface area contributed by atoms with E-state index in [0.29, 0.717) is 16.8 Å². The van der Waals surface area contributed by atoms with Crippen LogP contribution in [0.4, 0.5) is 10.3 Å². The lowest BCUT2D eigenvalue weighted by molar-refractivity contribution is -0.115. The molecule has 1 amide bonds. The van der Waals surface area contributed by atoms with Crippen LogP contribution in [0.5, 0.6) is 0 Å². The van der Waals surface area contributed by atoms with Gasteiger partial charge in [-0.25, -0.2) is 4.39 Å². The second-order valence-corrected chi connectivity index (χ2v) is 6.19. The minimum Gasteiger partial charge on any atom is -0.337 e. The highest BCUT2D eigenvalue weighted by atomic mass is 19.1. The average Bonchev–Trinajstić information content (AvgIpc) is 3.13. The van der Waals surface area contributed by atoms with E-state index >= 15 is 0 Å². The summed E-state index contributed by atoms with van der Waals surface area (Å²) in [5.74, 6) is -0.316. The van der Waals surface area contributed by atoms with Crippen LogP contribution in [0.1, 0.15) is 5.56 Å². The van der Waals surface area contributed by atoms with E-state index in [9.17, 15) is 9.18 Å². The Bertz CT molecular complexity index is 1080. The van der Waals surface area contributed by atoms with Crippen LogP contribution in [0.2, 0.25) is 0 Å². The third-order valence-electron chi connectivity index (χ3n) is 4.24. The summed E-state index contributed by atoms with van der Waals surface area (Å²) in [6, 6.07) is 19.0. The molecule has 0 spiro atoms. The smallest absolute Gasteiger partial charge is 0.239 e. The number of nitrogens with one attached hydrogen (secondary N) is 1. The van der Waals surface area contributed by atoms with Crippen LogP contribution in [0.3, 0.4) is 0 Å². The van der Waals surface area contributed by atoms with Crippen LogP contribution in [-0.2, 0) is 11.2 Å². The molecule has 0 aliphatic heterocycles. The number of benzene rings is 2. The Morgan fingerprint density at radius 3 is 2.36 bits per heavy atom. The van der Waals surface area contributed by atoms with Crippen molar-refractivity contribution < 1.29 is 13.7 Å². The zero-order valence-electron chi connectivity index (χ0n) is 14.8. The molecule has 0 fully saturated rings. The van der Waals surface area contributed by atoms with Crippen LogP contribution in [0.25, 0.3) is 22.4 Å². The molecule has 28 heavy (non-hydrogen) atoms. The van der Waals surface area contributed by atoms with E-state index in [-0.39, 0.29) is 24.0 Å². The first-order valence-corrected chi connectivity index (χ1v) is 8.70. The van der Waals surface area contributed by atoms with Crippen molar-refractivity contribution in [3.63, 3.8) is 0 Å². The molecule has 2 heterocycles. The van der Waals surface area contributed by atoms with E-state index in [1.807, 2.05) is 30.3 Å². The van der Waals surface area contributed by atoms with Gasteiger partial charge in [0, 0.05) is 18.0 Å². The Hall–Kier alpha value is -3.80. The molecule has 0 bridgehead atoms. The first-order chi connectivity index (χ1) is 13.7. The van der Waals surface area contributed by atoms with Crippen molar-refractivity contribution >= 4 is 11.8 Å². The third-order valence-corrected chi connectivity index (χ3v) is 4.24. The molecule has 0 saturated heterocycles. The molecule has 0 aliphatic rings. The standard InChI is InChI=1S/C22H16FN3O2/c23-18-8-6-17(7-9-18)21-20(16-10-12-24-13-11-16)22(28-26-21)25-19(27)14-15-4-2-1-3-5-15/h1-13H,14H2,(H,25,27). The number of amides is 1. The fraction of sp³-hybridized carbons (Fsp3) is 0.0455. The fourth-order valence-electron chi connectivity index (χ4n) is 2.92. The Balaban J connectivity index is 1.69. The molecular formula is C22H16FN3O2. The van der Waals surface area contributed by atoms with E-state index in [1.54, 1.807) is 36.7 Å². The summed E-state index contributed by atoms with van der Waals surface area (Å²) in [5.41, 5.74) is 3.49. The summed E-state index contributed by atoms with van der Waals surface area (Å²) in [5, 5.41) is 6.92. The second-order valence-electron chi connectivity index (χ2n) is 6.19. The number of anilines is 1. The predicted octanol–water partition coefficient (Wildman–Crippen LogP) is 4.72. The highest BCUT2D eigenvalue weighted by Gasteiger charge is 2.21. The van der Waals surface area contributed by atoms with Gasteiger partial charge in [0.15, 0.2) is 0 Å². The van der Waals surface area contributed by atoms with Crippen molar-refractivity contribution in [2.75, 3.05) is 5.32 Å². The topological polar surface area (TPSA) is 68.0 Å². The highest BCUT2D eigenvalue weighted by molar-refractivity contribution is 5.97. The molecule has 138 valence electrons. The largest absolute Gasteiger partial charge is 0.337 e. The molecule has 0 aliphatic carbocycles. The zero-order chi connectivity index (χ0) is 19.3. The van der Waals surface area contributed by atoms with E-state index in [4.69, 9.17) is 4.52 Å². The quantitative estimate of drug-likeness (QED) is 0.549. The molecule has 0 saturated carbocycles. The molecule has 5 nitrogen and oxygen atoms in total. The summed E-state index contributed by atoms with van der Waals surface area (Å²) < 4.78 is 18.7. The summed E-state index contributed by atoms with van der Waals surface area (Å²) in [4.78, 5) is 16.5. The van der Waals surface area contributed by atoms with Crippen LogP contribution in [0, 0.1) is 5.82 Å². The van der Waals surface area contributed by atoms with Gasteiger partial charge >= 0.3 is 0 Å². The van der Waals surface area contributed by atoms with Crippen molar-refractivity contribution in [1.82, 2.24) is 10.1 Å². The maximum atomic E-state index is 13.3. The Labute approximate surface area is 160 Å². The maximum Gasteiger partial charge on any atom is 0.239 e. The lowest BCUT2D eigenvalue weighted by atomic mass is 10.0. The summed E-state index contributed by atoms with van der Waals surface area (Å²) >= 11 is 0. The van der Waals surface area contributed by atoms with Gasteiger partial charge in [-0.2, -0.15) is 0 Å². The molecule has 4 aromatic rings. The van der Waals surface area contributed by atoms with Gasteiger partial charge in [0.2, 0.25) is 11.8 Å². The number of aromatic nitrogens is 2. The van der Waals surface area contributed by atoms with Gasteiger partial charge in [0.1, 0.15) is 11.5 Å². The van der Waals surface area contributed by atoms with Crippen molar-refractivity contribution in [3.05, 3.63) is 90.5 Å². The van der Waals surface area contributed by atoms with Crippen LogP contribution in [-0.4, -0.2) is 16.0 Å². The molecule has 6 heteroatoms. The Kier molecular flexibility index (Phi) is 4.93. The number of hydrogen-bond acceptors (Lipinski definition) is 4. The number of carbonyl (C=O) groups excluding carboxylic acids is 1. The van der Waals surface area contributed by atoms with Gasteiger partial charge in [0.25, 0.3) is 0 Å². The van der Waals surface area contributed by atoms with Gasteiger partial charge in [-0.05, 0) is 47.5 Å². The Morgan fingerprint density at radius 2 is 1.64 bits per heavy atom. The summed E-state index contributed by atoms with van der Waals surface area (Å²) in [6.45, 7) is 0. The minimum absolute atomic E-state index is 0.212. The number of halogens is 1. The lowest BCUT2D eigenvalue weighted by Gasteiger charge is -2.06. The zero-order valence-corrected chi connectivity index (χ0v) is 14.8. The van der Waals surface area contributed by atoms with E-state index in [1.165, 1.54) is 12.1 Å². The molecule has 1 N–H and O–H groups in total. The van der Waals surface area contributed by atoms with Crippen LogP contribution in [0.15, 0.2) is 83.6 Å². The molecular weight excluding hydrogens is 357 g/mol. The lowest BCUT2D eigenvalue weighted by Crippen LogP contribution is -2.14. The van der Waals surface area contributed by atoms with Crippen molar-refractivity contribution in [2.45, 2.75) is 6.42 Å². The minimum atomic E-state index is -0.339. The van der Waals surface area contributed by atoms with E-state index < -0.39 is 0 Å². The van der Waals surface area contributed by atoms with E-state index in [0.717, 1.165) is 11.1 Å². The normalized spacial score (nSPS) is 10.6. The van der Waals surface area contributed by atoms with Crippen molar-refractivity contribution in [3.8, 4) is 22.4 Å². The number of nitrogens with zero attached hydrogens (tertiary/aromatic N) is 2. The number of carbonyl (C=O) groups is 1. The monoisotopic (exact) mass is 373 g/mol. The molecule has 0 atom stereocenters. The van der Waals surface area contributed by atoms with Gasteiger partial charge in [-0.15, -0.1) is 0 Å². The molecule has 0 unspecified atom stereocenters.